The van der Waals surface area contributed by atoms with Gasteiger partial charge < -0.3 is 4.74 Å². The first-order chi connectivity index (χ1) is 13.0. The number of carbonyl (C=O) groups excluding carboxylic acids is 2. The molecule has 6 nitrogen and oxygen atoms in total. The average molecular weight is 367 g/mol. The molecule has 0 N–H and O–H groups in total. The molecule has 0 saturated heterocycles. The number of ketones is 2. The lowest BCUT2D eigenvalue weighted by Gasteiger charge is -2.22. The number of ether oxygens (including phenoxy) is 1. The highest BCUT2D eigenvalue weighted by Crippen LogP contribution is 2.38. The zero-order valence-corrected chi connectivity index (χ0v) is 15.1. The molecular formula is C21H21NO5. The Labute approximate surface area is 157 Å². The summed E-state index contributed by atoms with van der Waals surface area (Å²) in [6.07, 6.45) is 2.38. The summed E-state index contributed by atoms with van der Waals surface area (Å²) in [7, 11) is 1.59. The predicted molar refractivity (Wildman–Crippen MR) is 100 cm³/mol. The number of carbonyl (C=O) groups is 2. The van der Waals surface area contributed by atoms with Gasteiger partial charge in [0.25, 0.3) is 5.69 Å². The average Bonchev–Trinajstić information content (AvgIpc) is 3.11. The van der Waals surface area contributed by atoms with Crippen molar-refractivity contribution < 1.29 is 19.2 Å². The van der Waals surface area contributed by atoms with E-state index in [0.29, 0.717) is 12.0 Å². The molecule has 6 heteroatoms. The molecule has 1 saturated carbocycles. The van der Waals surface area contributed by atoms with Crippen molar-refractivity contribution in [1.82, 2.24) is 0 Å². The lowest BCUT2D eigenvalue weighted by molar-refractivity contribution is -0.384. The summed E-state index contributed by atoms with van der Waals surface area (Å²) in [6.45, 7) is 0. The lowest BCUT2D eigenvalue weighted by Crippen LogP contribution is -2.20. The first kappa shape index (κ1) is 18.8. The molecule has 1 fully saturated rings. The molecule has 2 atom stereocenters. The summed E-state index contributed by atoms with van der Waals surface area (Å²) in [4.78, 5) is 35.4. The topological polar surface area (TPSA) is 86.5 Å². The first-order valence-electron chi connectivity index (χ1n) is 8.94. The maximum atomic E-state index is 12.8. The second-order valence-electron chi connectivity index (χ2n) is 6.78. The number of hydrogen-bond donors (Lipinski definition) is 0. The molecule has 0 heterocycles. The van der Waals surface area contributed by atoms with Crippen LogP contribution < -0.4 is 4.74 Å². The third-order valence-electron chi connectivity index (χ3n) is 5.19. The smallest absolute Gasteiger partial charge is 0.269 e. The van der Waals surface area contributed by atoms with Gasteiger partial charge in [-0.1, -0.05) is 12.1 Å². The van der Waals surface area contributed by atoms with E-state index in [4.69, 9.17) is 4.74 Å². The van der Waals surface area contributed by atoms with Crippen molar-refractivity contribution in [2.45, 2.75) is 31.6 Å². The van der Waals surface area contributed by atoms with Crippen LogP contribution in [0.15, 0.2) is 48.5 Å². The van der Waals surface area contributed by atoms with Gasteiger partial charge in [-0.2, -0.15) is 0 Å². The second kappa shape index (κ2) is 8.12. The molecule has 27 heavy (non-hydrogen) atoms. The fourth-order valence-corrected chi connectivity index (χ4v) is 3.70. The van der Waals surface area contributed by atoms with Crippen LogP contribution in [0, 0.1) is 16.0 Å². The Morgan fingerprint density at radius 3 is 2.37 bits per heavy atom. The molecule has 0 aromatic heterocycles. The van der Waals surface area contributed by atoms with Crippen LogP contribution in [0.1, 0.15) is 47.5 Å². The largest absolute Gasteiger partial charge is 0.497 e. The van der Waals surface area contributed by atoms with Crippen molar-refractivity contribution >= 4 is 17.3 Å². The van der Waals surface area contributed by atoms with E-state index in [-0.39, 0.29) is 35.5 Å². The molecule has 3 rings (SSSR count). The van der Waals surface area contributed by atoms with Gasteiger partial charge in [0, 0.05) is 42.4 Å². The van der Waals surface area contributed by atoms with Crippen molar-refractivity contribution in [2.24, 2.45) is 5.92 Å². The molecule has 140 valence electrons. The number of benzene rings is 2. The number of hydrogen-bond acceptors (Lipinski definition) is 5. The molecule has 0 radical (unpaired) electrons. The van der Waals surface area contributed by atoms with E-state index in [2.05, 4.69) is 0 Å². The fourth-order valence-electron chi connectivity index (χ4n) is 3.70. The van der Waals surface area contributed by atoms with Crippen molar-refractivity contribution in [1.29, 1.82) is 0 Å². The minimum absolute atomic E-state index is 0.0516. The Kier molecular flexibility index (Phi) is 5.64. The number of nitro groups is 1. The van der Waals surface area contributed by atoms with Crippen molar-refractivity contribution in [3.63, 3.8) is 0 Å². The summed E-state index contributed by atoms with van der Waals surface area (Å²) in [6, 6.07) is 13.1. The van der Waals surface area contributed by atoms with Crippen LogP contribution in [-0.2, 0) is 4.79 Å². The van der Waals surface area contributed by atoms with Gasteiger partial charge in [0.1, 0.15) is 11.5 Å². The number of rotatable bonds is 7. The zero-order chi connectivity index (χ0) is 19.4. The third kappa shape index (κ3) is 4.22. The Morgan fingerprint density at radius 1 is 1.19 bits per heavy atom. The normalized spacial score (nSPS) is 17.5. The summed E-state index contributed by atoms with van der Waals surface area (Å²) in [5.74, 6) is 0.434. The lowest BCUT2D eigenvalue weighted by atomic mass is 9.80. The number of nitrogens with zero attached hydrogens (tertiary/aromatic N) is 1. The van der Waals surface area contributed by atoms with E-state index < -0.39 is 4.92 Å². The van der Waals surface area contributed by atoms with E-state index >= 15 is 0 Å². The Balaban J connectivity index is 1.84. The van der Waals surface area contributed by atoms with Gasteiger partial charge in [-0.15, -0.1) is 0 Å². The van der Waals surface area contributed by atoms with Crippen molar-refractivity contribution in [2.75, 3.05) is 7.11 Å². The quantitative estimate of drug-likeness (QED) is 0.413. The molecule has 1 unspecified atom stereocenters. The SMILES string of the molecule is COc1ccc([C@@H](CC(=O)c2ccc([N+](=O)[O-])cc2)C2CCCC2=O)cc1. The first-order valence-corrected chi connectivity index (χ1v) is 8.94. The van der Waals surface area contributed by atoms with E-state index in [9.17, 15) is 19.7 Å². The highest BCUT2D eigenvalue weighted by Gasteiger charge is 2.34. The van der Waals surface area contributed by atoms with E-state index in [1.807, 2.05) is 24.3 Å². The van der Waals surface area contributed by atoms with Crippen LogP contribution in [0.2, 0.25) is 0 Å². The fraction of sp³-hybridized carbons (Fsp3) is 0.333. The van der Waals surface area contributed by atoms with Crippen LogP contribution >= 0.6 is 0 Å². The summed E-state index contributed by atoms with van der Waals surface area (Å²) >= 11 is 0. The van der Waals surface area contributed by atoms with Crippen LogP contribution in [0.3, 0.4) is 0 Å². The van der Waals surface area contributed by atoms with E-state index in [1.165, 1.54) is 24.3 Å². The van der Waals surface area contributed by atoms with Crippen LogP contribution in [-0.4, -0.2) is 23.6 Å². The minimum atomic E-state index is -0.494. The highest BCUT2D eigenvalue weighted by molar-refractivity contribution is 5.97. The predicted octanol–water partition coefficient (Wildman–Crippen LogP) is 4.33. The number of non-ortho nitro benzene ring substituents is 1. The molecule has 2 aromatic carbocycles. The maximum Gasteiger partial charge on any atom is 0.269 e. The van der Waals surface area contributed by atoms with E-state index in [1.54, 1.807) is 7.11 Å². The van der Waals surface area contributed by atoms with Crippen LogP contribution in [0.25, 0.3) is 0 Å². The standard InChI is InChI=1S/C21H21NO5/c1-27-17-11-7-14(8-12-17)19(18-3-2-4-20(18)23)13-21(24)15-5-9-16(10-6-15)22(25)26/h5-12,18-19H,2-4,13H2,1H3/t18?,19-/m1/s1. The highest BCUT2D eigenvalue weighted by atomic mass is 16.6. The molecule has 0 aliphatic heterocycles. The third-order valence-corrected chi connectivity index (χ3v) is 5.19. The number of methoxy groups -OCH3 is 1. The van der Waals surface area contributed by atoms with Gasteiger partial charge in [0.2, 0.25) is 0 Å². The molecule has 0 bridgehead atoms. The Bertz CT molecular complexity index is 842. The van der Waals surface area contributed by atoms with Gasteiger partial charge >= 0.3 is 0 Å². The Hall–Kier alpha value is -3.02. The zero-order valence-electron chi connectivity index (χ0n) is 15.1. The summed E-state index contributed by atoms with van der Waals surface area (Å²) in [5, 5.41) is 10.8. The maximum absolute atomic E-state index is 12.8. The van der Waals surface area contributed by atoms with E-state index in [0.717, 1.165) is 24.2 Å². The molecular weight excluding hydrogens is 346 g/mol. The van der Waals surface area contributed by atoms with Crippen LogP contribution in [0.5, 0.6) is 5.75 Å². The summed E-state index contributed by atoms with van der Waals surface area (Å²) in [5.41, 5.74) is 1.31. The molecule has 2 aromatic rings. The summed E-state index contributed by atoms with van der Waals surface area (Å²) < 4.78 is 5.19. The van der Waals surface area contributed by atoms with Gasteiger partial charge in [-0.25, -0.2) is 0 Å². The van der Waals surface area contributed by atoms with Crippen molar-refractivity contribution in [3.05, 3.63) is 69.8 Å². The minimum Gasteiger partial charge on any atom is -0.497 e. The molecule has 1 aliphatic carbocycles. The monoisotopic (exact) mass is 367 g/mol. The van der Waals surface area contributed by atoms with Crippen molar-refractivity contribution in [3.8, 4) is 5.75 Å². The Morgan fingerprint density at radius 2 is 1.85 bits per heavy atom. The van der Waals surface area contributed by atoms with Crippen LogP contribution in [0.4, 0.5) is 5.69 Å². The molecule has 0 amide bonds. The van der Waals surface area contributed by atoms with Gasteiger partial charge in [-0.05, 0) is 42.7 Å². The van der Waals surface area contributed by atoms with Gasteiger partial charge in [0.05, 0.1) is 12.0 Å². The second-order valence-corrected chi connectivity index (χ2v) is 6.78. The molecule has 1 aliphatic rings. The van der Waals surface area contributed by atoms with Gasteiger partial charge in [0.15, 0.2) is 5.78 Å². The number of Topliss-reactive ketones (excluding diaryl/α,β-unsaturated/α-hetero) is 2. The molecule has 0 spiro atoms. The number of nitro benzene ring substituents is 1. The van der Waals surface area contributed by atoms with Gasteiger partial charge in [-0.3, -0.25) is 19.7 Å².